The molecule has 0 rings (SSSR count). The lowest BCUT2D eigenvalue weighted by Gasteiger charge is -2.24. The second kappa shape index (κ2) is 44.1. The van der Waals surface area contributed by atoms with Gasteiger partial charge in [0.1, 0.15) is 6.10 Å². The number of nitrogens with one attached hydrogen (secondary N) is 1. The van der Waals surface area contributed by atoms with Crippen molar-refractivity contribution < 1.29 is 24.5 Å². The van der Waals surface area contributed by atoms with E-state index < -0.39 is 18.2 Å². The molecule has 0 saturated heterocycles. The first kappa shape index (κ1) is 54.0. The number of carbonyl (C=O) groups excluding carboxylic acids is 2. The zero-order chi connectivity index (χ0) is 41.7. The van der Waals surface area contributed by atoms with Crippen LogP contribution in [0.1, 0.15) is 201 Å². The largest absolute Gasteiger partial charge is 0.462 e. The predicted molar refractivity (Wildman–Crippen MR) is 245 cm³/mol. The van der Waals surface area contributed by atoms with Crippen LogP contribution in [0.2, 0.25) is 0 Å². The highest BCUT2D eigenvalue weighted by molar-refractivity contribution is 5.77. The van der Waals surface area contributed by atoms with Gasteiger partial charge < -0.3 is 20.3 Å². The van der Waals surface area contributed by atoms with E-state index in [0.717, 1.165) is 70.6 Å². The first-order valence-corrected chi connectivity index (χ1v) is 23.4. The SMILES string of the molecule is CC/C=C/C=C/C=C\C=C/C=C/CCCCCC(=O)OC(CCC/C=C/C=C/CCCCCCCCC)CC(=O)NC(CO)C(O)CCCCCCCCCCC. The second-order valence-corrected chi connectivity index (χ2v) is 15.6. The maximum atomic E-state index is 13.1. The number of amides is 1. The standard InChI is InChI=1S/C51H87NO5/c1-4-7-10-13-16-19-21-23-25-27-29-32-35-38-41-44-51(56)57-47(42-39-36-33-31-28-26-24-22-20-17-14-11-8-5-2)45-50(55)52-48(46-53)49(54)43-40-37-34-30-18-15-12-9-6-3/h7,10,13,16,19,21,23,25-29,31,33,47-49,53-54H,4-6,8-9,11-12,14-15,17-18,20,22,24,30,32,34-46H2,1-3H3,(H,52,55)/b10-7+,16-13+,21-19-,25-23-,28-26+,29-27+,33-31+. The molecule has 0 radical (unpaired) electrons. The molecule has 3 atom stereocenters. The number of aliphatic hydroxyl groups is 2. The fourth-order valence-corrected chi connectivity index (χ4v) is 6.56. The van der Waals surface area contributed by atoms with Crippen LogP contribution in [0, 0.1) is 0 Å². The number of unbranched alkanes of at least 4 members (excludes halogenated alkanes) is 19. The summed E-state index contributed by atoms with van der Waals surface area (Å²) >= 11 is 0. The van der Waals surface area contributed by atoms with Crippen molar-refractivity contribution >= 4 is 11.9 Å². The summed E-state index contributed by atoms with van der Waals surface area (Å²) in [5, 5.41) is 23.6. The zero-order valence-electron chi connectivity index (χ0n) is 36.9. The highest BCUT2D eigenvalue weighted by Gasteiger charge is 2.24. The minimum absolute atomic E-state index is 0.0226. The molecule has 3 unspecified atom stereocenters. The van der Waals surface area contributed by atoms with Crippen LogP contribution < -0.4 is 5.32 Å². The molecule has 0 bridgehead atoms. The van der Waals surface area contributed by atoms with Gasteiger partial charge in [-0.2, -0.15) is 0 Å². The van der Waals surface area contributed by atoms with Gasteiger partial charge in [0, 0.05) is 6.42 Å². The molecule has 0 heterocycles. The third-order valence-electron chi connectivity index (χ3n) is 10.1. The summed E-state index contributed by atoms with van der Waals surface area (Å²) in [5.74, 6) is -0.580. The molecule has 57 heavy (non-hydrogen) atoms. The van der Waals surface area contributed by atoms with Gasteiger partial charge in [-0.3, -0.25) is 9.59 Å². The van der Waals surface area contributed by atoms with Crippen molar-refractivity contribution in [2.45, 2.75) is 219 Å². The molecule has 6 heteroatoms. The van der Waals surface area contributed by atoms with E-state index in [1.54, 1.807) is 0 Å². The van der Waals surface area contributed by atoms with E-state index in [1.807, 2.05) is 42.5 Å². The maximum Gasteiger partial charge on any atom is 0.306 e. The fourth-order valence-electron chi connectivity index (χ4n) is 6.56. The van der Waals surface area contributed by atoms with E-state index in [4.69, 9.17) is 4.74 Å². The Kier molecular flexibility index (Phi) is 41.9. The van der Waals surface area contributed by atoms with Crippen molar-refractivity contribution in [3.8, 4) is 0 Å². The number of ether oxygens (including phenoxy) is 1. The van der Waals surface area contributed by atoms with E-state index in [9.17, 15) is 19.8 Å². The van der Waals surface area contributed by atoms with E-state index >= 15 is 0 Å². The number of hydrogen-bond donors (Lipinski definition) is 3. The minimum atomic E-state index is -0.809. The molecule has 0 spiro atoms. The van der Waals surface area contributed by atoms with Crippen molar-refractivity contribution in [1.82, 2.24) is 5.32 Å². The topological polar surface area (TPSA) is 95.9 Å². The Morgan fingerprint density at radius 1 is 0.526 bits per heavy atom. The Morgan fingerprint density at radius 3 is 1.49 bits per heavy atom. The van der Waals surface area contributed by atoms with Gasteiger partial charge in [-0.05, 0) is 64.2 Å². The maximum absolute atomic E-state index is 13.1. The number of aliphatic hydroxyl groups excluding tert-OH is 2. The second-order valence-electron chi connectivity index (χ2n) is 15.6. The molecule has 0 aromatic rings. The Bertz CT molecular complexity index is 1120. The van der Waals surface area contributed by atoms with Crippen molar-refractivity contribution in [3.05, 3.63) is 85.1 Å². The van der Waals surface area contributed by atoms with Crippen LogP contribution in [-0.4, -0.2) is 46.9 Å². The molecular weight excluding hydrogens is 707 g/mol. The van der Waals surface area contributed by atoms with Crippen molar-refractivity contribution in [3.63, 3.8) is 0 Å². The van der Waals surface area contributed by atoms with E-state index in [2.05, 4.69) is 68.6 Å². The molecule has 0 saturated carbocycles. The molecule has 0 aromatic carbocycles. The monoisotopic (exact) mass is 794 g/mol. The zero-order valence-corrected chi connectivity index (χ0v) is 36.9. The predicted octanol–water partition coefficient (Wildman–Crippen LogP) is 13.6. The molecule has 0 aliphatic carbocycles. The molecule has 3 N–H and O–H groups in total. The van der Waals surface area contributed by atoms with Gasteiger partial charge >= 0.3 is 5.97 Å². The minimum Gasteiger partial charge on any atom is -0.462 e. The van der Waals surface area contributed by atoms with Crippen LogP contribution in [0.15, 0.2) is 85.1 Å². The van der Waals surface area contributed by atoms with E-state index in [0.29, 0.717) is 19.3 Å². The molecule has 326 valence electrons. The van der Waals surface area contributed by atoms with E-state index in [-0.39, 0.29) is 24.9 Å². The Labute approximate surface area is 351 Å². The third kappa shape index (κ3) is 39.6. The van der Waals surface area contributed by atoms with Crippen LogP contribution in [0.3, 0.4) is 0 Å². The lowest BCUT2D eigenvalue weighted by atomic mass is 10.0. The smallest absolute Gasteiger partial charge is 0.306 e. The number of hydrogen-bond acceptors (Lipinski definition) is 5. The molecule has 0 aliphatic rings. The first-order valence-electron chi connectivity index (χ1n) is 23.4. The van der Waals surface area contributed by atoms with Gasteiger partial charge in [-0.25, -0.2) is 0 Å². The summed E-state index contributed by atoms with van der Waals surface area (Å²) in [7, 11) is 0. The average molecular weight is 794 g/mol. The highest BCUT2D eigenvalue weighted by Crippen LogP contribution is 2.16. The normalized spacial score (nSPS) is 14.1. The molecule has 0 fully saturated rings. The van der Waals surface area contributed by atoms with Gasteiger partial charge in [0.25, 0.3) is 0 Å². The number of allylic oxidation sites excluding steroid dienone is 14. The van der Waals surface area contributed by atoms with Gasteiger partial charge in [0.05, 0.1) is 25.2 Å². The summed E-state index contributed by atoms with van der Waals surface area (Å²) in [6.45, 7) is 6.27. The van der Waals surface area contributed by atoms with Crippen LogP contribution >= 0.6 is 0 Å². The molecule has 6 nitrogen and oxygen atoms in total. The summed E-state index contributed by atoms with van der Waals surface area (Å²) in [4.78, 5) is 26.0. The van der Waals surface area contributed by atoms with Crippen LogP contribution in [0.4, 0.5) is 0 Å². The molecule has 0 aliphatic heterocycles. The van der Waals surface area contributed by atoms with Crippen LogP contribution in [0.25, 0.3) is 0 Å². The molecule has 0 aromatic heterocycles. The number of esters is 1. The van der Waals surface area contributed by atoms with Crippen LogP contribution in [-0.2, 0) is 14.3 Å². The highest BCUT2D eigenvalue weighted by atomic mass is 16.5. The molecular formula is C51H87NO5. The Morgan fingerprint density at radius 2 is 0.965 bits per heavy atom. The van der Waals surface area contributed by atoms with Crippen molar-refractivity contribution in [2.75, 3.05) is 6.61 Å². The molecule has 1 amide bonds. The first-order chi connectivity index (χ1) is 28.0. The van der Waals surface area contributed by atoms with Gasteiger partial charge in [-0.1, -0.05) is 209 Å². The lowest BCUT2D eigenvalue weighted by molar-refractivity contribution is -0.151. The third-order valence-corrected chi connectivity index (χ3v) is 10.1. The van der Waals surface area contributed by atoms with Gasteiger partial charge in [-0.15, -0.1) is 0 Å². The van der Waals surface area contributed by atoms with Crippen molar-refractivity contribution in [2.24, 2.45) is 0 Å². The lowest BCUT2D eigenvalue weighted by Crippen LogP contribution is -2.46. The number of carbonyl (C=O) groups is 2. The van der Waals surface area contributed by atoms with Gasteiger partial charge in [0.2, 0.25) is 5.91 Å². The van der Waals surface area contributed by atoms with Crippen LogP contribution in [0.5, 0.6) is 0 Å². The Hall–Kier alpha value is -2.96. The fraction of sp³-hybridized carbons (Fsp3) is 0.686. The van der Waals surface area contributed by atoms with E-state index in [1.165, 1.54) is 83.5 Å². The summed E-state index contributed by atoms with van der Waals surface area (Å²) in [6, 6.07) is -0.727. The number of rotatable bonds is 40. The summed E-state index contributed by atoms with van der Waals surface area (Å²) < 4.78 is 5.86. The van der Waals surface area contributed by atoms with Crippen molar-refractivity contribution in [1.29, 1.82) is 0 Å². The Balaban J connectivity index is 4.78. The average Bonchev–Trinajstić information content (AvgIpc) is 3.20. The quantitative estimate of drug-likeness (QED) is 0.0326. The summed E-state index contributed by atoms with van der Waals surface area (Å²) in [6.07, 6.45) is 56.4. The van der Waals surface area contributed by atoms with Gasteiger partial charge in [0.15, 0.2) is 0 Å². The summed E-state index contributed by atoms with van der Waals surface area (Å²) in [5.41, 5.74) is 0.